The third-order valence-corrected chi connectivity index (χ3v) is 2.80. The van der Waals surface area contributed by atoms with Crippen molar-refractivity contribution in [1.82, 2.24) is 10.2 Å². The Hall–Kier alpha value is -1.30. The fraction of sp³-hybridized carbons (Fsp3) is 0.778. The predicted molar refractivity (Wildman–Crippen MR) is 50.5 cm³/mol. The van der Waals surface area contributed by atoms with Crippen LogP contribution in [0.2, 0.25) is 0 Å². The summed E-state index contributed by atoms with van der Waals surface area (Å²) in [4.78, 5) is 23.4. The first-order valence-corrected chi connectivity index (χ1v) is 5.06. The molecular formula is C9H14N2O4. The number of ether oxygens (including phenoxy) is 1. The molecule has 2 aliphatic rings. The van der Waals surface area contributed by atoms with Gasteiger partial charge >= 0.3 is 12.1 Å². The summed E-state index contributed by atoms with van der Waals surface area (Å²) in [5.74, 6) is -0.652. The van der Waals surface area contributed by atoms with Crippen LogP contribution in [0, 0.1) is 5.92 Å². The number of carboxylic acids is 1. The van der Waals surface area contributed by atoms with Gasteiger partial charge in [0.1, 0.15) is 0 Å². The van der Waals surface area contributed by atoms with Crippen molar-refractivity contribution >= 4 is 12.1 Å². The molecule has 0 aliphatic carbocycles. The number of nitrogens with zero attached hydrogens (tertiary/aromatic N) is 1. The van der Waals surface area contributed by atoms with Crippen LogP contribution in [0.4, 0.5) is 4.79 Å². The van der Waals surface area contributed by atoms with Crippen molar-refractivity contribution in [2.24, 2.45) is 5.92 Å². The van der Waals surface area contributed by atoms with Crippen molar-refractivity contribution in [3.8, 4) is 0 Å². The maximum absolute atomic E-state index is 11.3. The summed E-state index contributed by atoms with van der Waals surface area (Å²) in [7, 11) is 0. The van der Waals surface area contributed by atoms with Gasteiger partial charge in [-0.25, -0.2) is 9.59 Å². The summed E-state index contributed by atoms with van der Waals surface area (Å²) in [6.45, 7) is 2.62. The van der Waals surface area contributed by atoms with Crippen LogP contribution in [0.15, 0.2) is 0 Å². The van der Waals surface area contributed by atoms with Crippen LogP contribution in [0.25, 0.3) is 0 Å². The fourth-order valence-corrected chi connectivity index (χ4v) is 1.97. The summed E-state index contributed by atoms with van der Waals surface area (Å²) < 4.78 is 4.71. The highest BCUT2D eigenvalue weighted by Gasteiger charge is 2.37. The lowest BCUT2D eigenvalue weighted by molar-refractivity contribution is -0.144. The largest absolute Gasteiger partial charge is 0.478 e. The molecule has 15 heavy (non-hydrogen) atoms. The molecular weight excluding hydrogens is 200 g/mol. The molecule has 0 spiro atoms. The minimum Gasteiger partial charge on any atom is -0.478 e. The van der Waals surface area contributed by atoms with E-state index in [1.165, 1.54) is 4.90 Å². The number of amides is 1. The van der Waals surface area contributed by atoms with Crippen molar-refractivity contribution in [1.29, 1.82) is 0 Å². The number of aliphatic carboxylic acids is 1. The summed E-state index contributed by atoms with van der Waals surface area (Å²) in [6, 6.07) is 0. The summed E-state index contributed by atoms with van der Waals surface area (Å²) in [5, 5.41) is 11.9. The van der Waals surface area contributed by atoms with Gasteiger partial charge in [-0.05, 0) is 25.4 Å². The van der Waals surface area contributed by atoms with Crippen molar-refractivity contribution in [3.63, 3.8) is 0 Å². The molecule has 0 aromatic heterocycles. The van der Waals surface area contributed by atoms with Crippen LogP contribution in [0.3, 0.4) is 0 Å². The number of nitrogens with one attached hydrogen (secondary N) is 1. The second kappa shape index (κ2) is 4.06. The Bertz CT molecular complexity index is 275. The number of carbonyl (C=O) groups is 2. The molecule has 6 heteroatoms. The van der Waals surface area contributed by atoms with Gasteiger partial charge in [-0.15, -0.1) is 0 Å². The molecule has 2 heterocycles. The molecule has 1 unspecified atom stereocenters. The van der Waals surface area contributed by atoms with Crippen LogP contribution in [0.5, 0.6) is 0 Å². The number of hydrogen-bond acceptors (Lipinski definition) is 4. The Labute approximate surface area is 87.2 Å². The van der Waals surface area contributed by atoms with Crippen molar-refractivity contribution in [2.45, 2.75) is 12.5 Å². The Morgan fingerprint density at radius 3 is 3.00 bits per heavy atom. The molecule has 0 aromatic carbocycles. The Morgan fingerprint density at radius 2 is 2.47 bits per heavy atom. The predicted octanol–water partition coefficient (Wildman–Crippen LogP) is -0.499. The number of carbonyl (C=O) groups excluding carboxylic acids is 1. The van der Waals surface area contributed by atoms with E-state index in [2.05, 4.69) is 5.32 Å². The van der Waals surface area contributed by atoms with E-state index in [9.17, 15) is 9.59 Å². The average Bonchev–Trinajstić information content (AvgIpc) is 2.77. The maximum Gasteiger partial charge on any atom is 0.410 e. The topological polar surface area (TPSA) is 78.9 Å². The molecule has 0 bridgehead atoms. The highest BCUT2D eigenvalue weighted by molar-refractivity contribution is 5.81. The SMILES string of the molecule is O=C(O)[C@H]1CN(CC2CCNC2)C(=O)O1. The normalized spacial score (nSPS) is 30.7. The minimum absolute atomic E-state index is 0.171. The highest BCUT2D eigenvalue weighted by atomic mass is 16.6. The van der Waals surface area contributed by atoms with E-state index in [1.54, 1.807) is 0 Å². The van der Waals surface area contributed by atoms with E-state index < -0.39 is 18.2 Å². The van der Waals surface area contributed by atoms with Gasteiger partial charge in [-0.3, -0.25) is 0 Å². The minimum atomic E-state index is -1.07. The summed E-state index contributed by atoms with van der Waals surface area (Å²) >= 11 is 0. The second-order valence-electron chi connectivity index (χ2n) is 3.97. The fourth-order valence-electron chi connectivity index (χ4n) is 1.97. The van der Waals surface area contributed by atoms with Gasteiger partial charge in [-0.2, -0.15) is 0 Å². The zero-order valence-corrected chi connectivity index (χ0v) is 8.31. The first-order chi connectivity index (χ1) is 7.16. The molecule has 2 rings (SSSR count). The monoisotopic (exact) mass is 214 g/mol. The first-order valence-electron chi connectivity index (χ1n) is 5.06. The van der Waals surface area contributed by atoms with Crippen LogP contribution in [0.1, 0.15) is 6.42 Å². The average molecular weight is 214 g/mol. The molecule has 0 aromatic rings. The van der Waals surface area contributed by atoms with E-state index in [4.69, 9.17) is 9.84 Å². The lowest BCUT2D eigenvalue weighted by Crippen LogP contribution is -2.33. The number of hydrogen-bond donors (Lipinski definition) is 2. The van der Waals surface area contributed by atoms with Gasteiger partial charge in [0.2, 0.25) is 6.10 Å². The zero-order chi connectivity index (χ0) is 10.8. The first kappa shape index (κ1) is 10.2. The molecule has 6 nitrogen and oxygen atoms in total. The molecule has 0 radical (unpaired) electrons. The van der Waals surface area contributed by atoms with Gasteiger partial charge in [0.15, 0.2) is 0 Å². The molecule has 2 N–H and O–H groups in total. The second-order valence-corrected chi connectivity index (χ2v) is 3.97. The van der Waals surface area contributed by atoms with Crippen molar-refractivity contribution in [3.05, 3.63) is 0 Å². The molecule has 2 saturated heterocycles. The Kier molecular flexibility index (Phi) is 2.77. The molecule has 2 fully saturated rings. The van der Waals surface area contributed by atoms with Crippen LogP contribution < -0.4 is 5.32 Å². The lowest BCUT2D eigenvalue weighted by atomic mass is 10.1. The van der Waals surface area contributed by atoms with Crippen molar-refractivity contribution < 1.29 is 19.4 Å². The highest BCUT2D eigenvalue weighted by Crippen LogP contribution is 2.16. The van der Waals surface area contributed by atoms with E-state index in [0.717, 1.165) is 19.5 Å². The molecule has 2 atom stereocenters. The molecule has 84 valence electrons. The van der Waals surface area contributed by atoms with Gasteiger partial charge in [-0.1, -0.05) is 0 Å². The summed E-state index contributed by atoms with van der Waals surface area (Å²) in [6.07, 6.45) is -0.470. The van der Waals surface area contributed by atoms with Crippen LogP contribution in [-0.2, 0) is 9.53 Å². The van der Waals surface area contributed by atoms with Gasteiger partial charge < -0.3 is 20.1 Å². The Morgan fingerprint density at radius 1 is 1.67 bits per heavy atom. The standard InChI is InChI=1S/C9H14N2O4/c12-8(13)7-5-11(9(14)15-7)4-6-1-2-10-3-6/h6-7,10H,1-5H2,(H,12,13)/t6?,7-/m1/s1. The van der Waals surface area contributed by atoms with Crippen LogP contribution in [-0.4, -0.2) is 54.4 Å². The third kappa shape index (κ3) is 2.20. The number of carboxylic acid groups (broad SMARTS) is 1. The zero-order valence-electron chi connectivity index (χ0n) is 8.31. The van der Waals surface area contributed by atoms with E-state index >= 15 is 0 Å². The molecule has 2 aliphatic heterocycles. The van der Waals surface area contributed by atoms with E-state index in [0.29, 0.717) is 12.5 Å². The quantitative estimate of drug-likeness (QED) is 0.662. The number of cyclic esters (lactones) is 1. The van der Waals surface area contributed by atoms with Crippen molar-refractivity contribution in [2.75, 3.05) is 26.2 Å². The molecule has 1 amide bonds. The van der Waals surface area contributed by atoms with Gasteiger partial charge in [0.05, 0.1) is 6.54 Å². The lowest BCUT2D eigenvalue weighted by Gasteiger charge is -2.16. The third-order valence-electron chi connectivity index (χ3n) is 2.80. The van der Waals surface area contributed by atoms with Gasteiger partial charge in [0, 0.05) is 6.54 Å². The summed E-state index contributed by atoms with van der Waals surface area (Å²) in [5.41, 5.74) is 0. The maximum atomic E-state index is 11.3. The number of rotatable bonds is 3. The smallest absolute Gasteiger partial charge is 0.410 e. The Balaban J connectivity index is 1.87. The molecule has 0 saturated carbocycles. The van der Waals surface area contributed by atoms with Crippen LogP contribution >= 0.6 is 0 Å². The van der Waals surface area contributed by atoms with E-state index in [-0.39, 0.29) is 6.54 Å². The van der Waals surface area contributed by atoms with E-state index in [1.807, 2.05) is 0 Å². The van der Waals surface area contributed by atoms with Gasteiger partial charge in [0.25, 0.3) is 0 Å².